The molecule has 0 spiro atoms. The summed E-state index contributed by atoms with van der Waals surface area (Å²) >= 11 is 0. The van der Waals surface area contributed by atoms with Crippen molar-refractivity contribution < 1.29 is 15.0 Å². The molecule has 2 N–H and O–H groups in total. The second kappa shape index (κ2) is 5.17. The molecule has 2 rings (SSSR count). The molecule has 0 aromatic heterocycles. The van der Waals surface area contributed by atoms with Crippen LogP contribution >= 0.6 is 0 Å². The zero-order valence-electron chi connectivity index (χ0n) is 9.45. The van der Waals surface area contributed by atoms with E-state index in [4.69, 9.17) is 0 Å². The van der Waals surface area contributed by atoms with E-state index in [9.17, 15) is 15.0 Å². The highest BCUT2D eigenvalue weighted by atomic mass is 16.3. The molecule has 0 fully saturated rings. The van der Waals surface area contributed by atoms with Gasteiger partial charge in [0.1, 0.15) is 17.5 Å². The second-order valence-electron chi connectivity index (χ2n) is 3.74. The Labute approximate surface area is 104 Å². The van der Waals surface area contributed by atoms with E-state index in [1.54, 1.807) is 36.4 Å². The van der Waals surface area contributed by atoms with Crippen molar-refractivity contribution in [3.63, 3.8) is 0 Å². The van der Waals surface area contributed by atoms with Gasteiger partial charge in [-0.3, -0.25) is 0 Å². The molecule has 0 aliphatic carbocycles. The number of rotatable bonds is 3. The third kappa shape index (κ3) is 2.24. The van der Waals surface area contributed by atoms with E-state index in [0.717, 1.165) is 0 Å². The van der Waals surface area contributed by atoms with Crippen LogP contribution in [-0.4, -0.2) is 16.3 Å². The number of para-hydroxylation sites is 2. The van der Waals surface area contributed by atoms with Crippen molar-refractivity contribution in [2.75, 3.05) is 0 Å². The van der Waals surface area contributed by atoms with E-state index in [1.165, 1.54) is 18.2 Å². The third-order valence-electron chi connectivity index (χ3n) is 2.64. The molecular formula is C14H11NO3. The Hall–Kier alpha value is -2.58. The van der Waals surface area contributed by atoms with Crippen LogP contribution in [0.25, 0.3) is 0 Å². The molecule has 0 saturated carbocycles. The number of hydrogen-bond donors (Lipinski definition) is 2. The average molecular weight is 241 g/mol. The lowest BCUT2D eigenvalue weighted by atomic mass is 9.98. The third-order valence-corrected chi connectivity index (χ3v) is 2.64. The highest BCUT2D eigenvalue weighted by Gasteiger charge is 2.19. The summed E-state index contributed by atoms with van der Waals surface area (Å²) in [5.74, 6) is 0.0366. The Morgan fingerprint density at radius 3 is 1.72 bits per heavy atom. The summed E-state index contributed by atoms with van der Waals surface area (Å²) in [4.78, 5) is 14.2. The molecule has 0 atom stereocenters. The van der Waals surface area contributed by atoms with Gasteiger partial charge in [-0.1, -0.05) is 36.4 Å². The maximum Gasteiger partial charge on any atom is 0.235 e. The van der Waals surface area contributed by atoms with Gasteiger partial charge in [-0.15, -0.1) is 0 Å². The van der Waals surface area contributed by atoms with Crippen LogP contribution in [0.5, 0.6) is 11.5 Å². The quantitative estimate of drug-likeness (QED) is 0.640. The highest BCUT2D eigenvalue weighted by Crippen LogP contribution is 2.35. The molecule has 2 aromatic rings. The summed E-state index contributed by atoms with van der Waals surface area (Å²) in [7, 11) is 0. The van der Waals surface area contributed by atoms with Crippen molar-refractivity contribution in [2.24, 2.45) is 4.99 Å². The van der Waals surface area contributed by atoms with Crippen LogP contribution in [0, 0.1) is 0 Å². The normalized spacial score (nSPS) is 10.1. The van der Waals surface area contributed by atoms with Crippen molar-refractivity contribution in [2.45, 2.75) is 6.04 Å². The smallest absolute Gasteiger partial charge is 0.235 e. The number of phenols is 2. The molecule has 0 aliphatic heterocycles. The number of phenolic OH excluding ortho intramolecular Hbond substituents is 2. The van der Waals surface area contributed by atoms with E-state index in [0.29, 0.717) is 11.1 Å². The number of aromatic hydroxyl groups is 2. The summed E-state index contributed by atoms with van der Waals surface area (Å²) in [5, 5.41) is 19.6. The predicted octanol–water partition coefficient (Wildman–Crippen LogP) is 2.52. The van der Waals surface area contributed by atoms with Crippen LogP contribution in [0.2, 0.25) is 0 Å². The first-order valence-electron chi connectivity index (χ1n) is 5.37. The Kier molecular flexibility index (Phi) is 3.41. The zero-order chi connectivity index (χ0) is 13.0. The molecule has 0 unspecified atom stereocenters. The Balaban J connectivity index is 2.58. The first kappa shape index (κ1) is 11.9. The number of hydrogen-bond acceptors (Lipinski definition) is 4. The van der Waals surface area contributed by atoms with Crippen LogP contribution in [0.15, 0.2) is 53.5 Å². The number of nitrogens with zero attached hydrogens (tertiary/aromatic N) is 1. The van der Waals surface area contributed by atoms with Gasteiger partial charge in [0.2, 0.25) is 6.08 Å². The first-order valence-corrected chi connectivity index (χ1v) is 5.37. The molecule has 4 heteroatoms. The summed E-state index contributed by atoms with van der Waals surface area (Å²) in [6.07, 6.45) is 1.47. The molecule has 0 bridgehead atoms. The molecular weight excluding hydrogens is 230 g/mol. The van der Waals surface area contributed by atoms with Crippen molar-refractivity contribution in [1.29, 1.82) is 0 Å². The zero-order valence-corrected chi connectivity index (χ0v) is 9.45. The number of aliphatic imine (C=N–C) groups is 1. The first-order chi connectivity index (χ1) is 8.74. The predicted molar refractivity (Wildman–Crippen MR) is 66.2 cm³/mol. The standard InChI is InChI=1S/C14H11NO3/c16-9-15-14(10-5-1-3-7-12(10)17)11-6-2-4-8-13(11)18/h1-8,14,17-18H. The second-order valence-corrected chi connectivity index (χ2v) is 3.74. The average Bonchev–Trinajstić information content (AvgIpc) is 2.38. The maximum atomic E-state index is 10.5. The van der Waals surface area contributed by atoms with Crippen LogP contribution in [0.3, 0.4) is 0 Å². The van der Waals surface area contributed by atoms with Gasteiger partial charge in [-0.05, 0) is 12.1 Å². The number of benzene rings is 2. The fourth-order valence-electron chi connectivity index (χ4n) is 1.80. The van der Waals surface area contributed by atoms with Crippen LogP contribution in [0.4, 0.5) is 0 Å². The summed E-state index contributed by atoms with van der Waals surface area (Å²) in [6, 6.07) is 12.3. The summed E-state index contributed by atoms with van der Waals surface area (Å²) in [5.41, 5.74) is 0.893. The lowest BCUT2D eigenvalue weighted by Gasteiger charge is -2.14. The fraction of sp³-hybridized carbons (Fsp3) is 0.0714. The molecule has 0 amide bonds. The van der Waals surface area contributed by atoms with Gasteiger partial charge < -0.3 is 10.2 Å². The fourth-order valence-corrected chi connectivity index (χ4v) is 1.80. The lowest BCUT2D eigenvalue weighted by molar-refractivity contribution is 0.455. The van der Waals surface area contributed by atoms with Gasteiger partial charge in [-0.2, -0.15) is 4.99 Å². The van der Waals surface area contributed by atoms with Crippen molar-refractivity contribution >= 4 is 6.08 Å². The van der Waals surface area contributed by atoms with Crippen molar-refractivity contribution in [3.05, 3.63) is 59.7 Å². The Bertz CT molecular complexity index is 558. The van der Waals surface area contributed by atoms with Gasteiger partial charge in [0.25, 0.3) is 0 Å². The number of isocyanates is 1. The minimum atomic E-state index is -0.759. The molecule has 4 nitrogen and oxygen atoms in total. The topological polar surface area (TPSA) is 69.9 Å². The van der Waals surface area contributed by atoms with E-state index in [2.05, 4.69) is 4.99 Å². The molecule has 0 heterocycles. The Morgan fingerprint density at radius 2 is 1.33 bits per heavy atom. The van der Waals surface area contributed by atoms with Crippen molar-refractivity contribution in [3.8, 4) is 11.5 Å². The maximum absolute atomic E-state index is 10.5. The van der Waals surface area contributed by atoms with E-state index < -0.39 is 6.04 Å². The Morgan fingerprint density at radius 1 is 0.889 bits per heavy atom. The van der Waals surface area contributed by atoms with E-state index in [1.807, 2.05) is 0 Å². The van der Waals surface area contributed by atoms with Crippen molar-refractivity contribution in [1.82, 2.24) is 0 Å². The molecule has 0 radical (unpaired) electrons. The van der Waals surface area contributed by atoms with Gasteiger partial charge in [0.15, 0.2) is 0 Å². The molecule has 0 aliphatic rings. The SMILES string of the molecule is O=C=NC(c1ccccc1O)c1ccccc1O. The van der Waals surface area contributed by atoms with Gasteiger partial charge in [-0.25, -0.2) is 4.79 Å². The molecule has 0 saturated heterocycles. The highest BCUT2D eigenvalue weighted by molar-refractivity contribution is 5.48. The largest absolute Gasteiger partial charge is 0.508 e. The van der Waals surface area contributed by atoms with Gasteiger partial charge in [0, 0.05) is 11.1 Å². The van der Waals surface area contributed by atoms with Gasteiger partial charge in [0.05, 0.1) is 0 Å². The summed E-state index contributed by atoms with van der Waals surface area (Å²) < 4.78 is 0. The molecule has 2 aromatic carbocycles. The monoisotopic (exact) mass is 241 g/mol. The van der Waals surface area contributed by atoms with Crippen LogP contribution in [0.1, 0.15) is 17.2 Å². The summed E-state index contributed by atoms with van der Waals surface area (Å²) in [6.45, 7) is 0. The van der Waals surface area contributed by atoms with Crippen LogP contribution in [-0.2, 0) is 4.79 Å². The molecule has 18 heavy (non-hydrogen) atoms. The minimum absolute atomic E-state index is 0.0183. The minimum Gasteiger partial charge on any atom is -0.508 e. The van der Waals surface area contributed by atoms with E-state index in [-0.39, 0.29) is 11.5 Å². The molecule has 90 valence electrons. The van der Waals surface area contributed by atoms with Gasteiger partial charge >= 0.3 is 0 Å². The lowest BCUT2D eigenvalue weighted by Crippen LogP contribution is -1.98. The van der Waals surface area contributed by atoms with E-state index >= 15 is 0 Å². The number of carbonyl (C=O) groups excluding carboxylic acids is 1. The van der Waals surface area contributed by atoms with Crippen LogP contribution < -0.4 is 0 Å².